The summed E-state index contributed by atoms with van der Waals surface area (Å²) in [5.41, 5.74) is 6.14. The van der Waals surface area contributed by atoms with Gasteiger partial charge in [-0.15, -0.1) is 0 Å². The zero-order valence-corrected chi connectivity index (χ0v) is 12.2. The molecule has 106 valence electrons. The Labute approximate surface area is 114 Å². The van der Waals surface area contributed by atoms with E-state index in [2.05, 4.69) is 0 Å². The van der Waals surface area contributed by atoms with Crippen LogP contribution < -0.4 is 5.73 Å². The summed E-state index contributed by atoms with van der Waals surface area (Å²) >= 11 is 0. The van der Waals surface area contributed by atoms with Crippen LogP contribution in [0.1, 0.15) is 19.4 Å². The van der Waals surface area contributed by atoms with E-state index in [1.165, 1.54) is 10.4 Å². The predicted octanol–water partition coefficient (Wildman–Crippen LogP) is 0.969. The number of benzene rings is 1. The molecule has 0 unspecified atom stereocenters. The topological polar surface area (TPSA) is 83.6 Å². The average Bonchev–Trinajstić information content (AvgIpc) is 2.27. The Kier molecular flexibility index (Phi) is 3.36. The van der Waals surface area contributed by atoms with Crippen LogP contribution >= 0.6 is 0 Å². The summed E-state index contributed by atoms with van der Waals surface area (Å²) in [6.45, 7) is 5.87. The molecule has 1 aliphatic rings. The molecule has 19 heavy (non-hydrogen) atoms. The highest BCUT2D eigenvalue weighted by Crippen LogP contribution is 2.33. The van der Waals surface area contributed by atoms with Crippen LogP contribution in [0.2, 0.25) is 0 Å². The van der Waals surface area contributed by atoms with E-state index in [0.29, 0.717) is 5.69 Å². The number of nitrogens with zero attached hydrogens (tertiary/aromatic N) is 1. The Morgan fingerprint density at radius 1 is 1.37 bits per heavy atom. The molecule has 0 atom stereocenters. The molecular weight excluding hydrogens is 264 g/mol. The lowest BCUT2D eigenvalue weighted by Gasteiger charge is -2.47. The zero-order valence-electron chi connectivity index (χ0n) is 11.4. The highest BCUT2D eigenvalue weighted by atomic mass is 32.2. The van der Waals surface area contributed by atoms with Gasteiger partial charge in [-0.3, -0.25) is 0 Å². The van der Waals surface area contributed by atoms with E-state index in [9.17, 15) is 13.5 Å². The molecule has 0 saturated carbocycles. The quantitative estimate of drug-likeness (QED) is 0.810. The van der Waals surface area contributed by atoms with E-state index >= 15 is 0 Å². The van der Waals surface area contributed by atoms with Crippen LogP contribution in [0.25, 0.3) is 0 Å². The van der Waals surface area contributed by atoms with E-state index in [0.717, 1.165) is 5.56 Å². The molecule has 5 nitrogen and oxygen atoms in total. The second kappa shape index (κ2) is 4.47. The van der Waals surface area contributed by atoms with Crippen molar-refractivity contribution in [3.8, 4) is 0 Å². The molecule has 1 aromatic rings. The summed E-state index contributed by atoms with van der Waals surface area (Å²) in [4.78, 5) is 0.182. The second-order valence-electron chi connectivity index (χ2n) is 5.55. The molecule has 1 saturated heterocycles. The van der Waals surface area contributed by atoms with Crippen LogP contribution in [0, 0.1) is 12.8 Å². The normalized spacial score (nSPS) is 19.4. The largest absolute Gasteiger partial charge is 0.398 e. The van der Waals surface area contributed by atoms with Gasteiger partial charge in [-0.2, -0.15) is 4.31 Å². The molecule has 0 bridgehead atoms. The van der Waals surface area contributed by atoms with Crippen molar-refractivity contribution in [2.24, 2.45) is 5.92 Å². The van der Waals surface area contributed by atoms with Gasteiger partial charge in [0.25, 0.3) is 0 Å². The summed E-state index contributed by atoms with van der Waals surface area (Å²) < 4.78 is 26.0. The molecule has 0 radical (unpaired) electrons. The minimum absolute atomic E-state index is 0.0297. The molecule has 6 heteroatoms. The molecule has 0 amide bonds. The van der Waals surface area contributed by atoms with Crippen LogP contribution in [-0.4, -0.2) is 36.5 Å². The number of hydrogen-bond donors (Lipinski definition) is 2. The van der Waals surface area contributed by atoms with Gasteiger partial charge in [-0.25, -0.2) is 8.42 Å². The van der Waals surface area contributed by atoms with Crippen molar-refractivity contribution >= 4 is 15.7 Å². The van der Waals surface area contributed by atoms with E-state index in [1.807, 2.05) is 20.8 Å². The van der Waals surface area contributed by atoms with E-state index in [4.69, 9.17) is 5.73 Å². The molecule has 0 aromatic heterocycles. The first-order chi connectivity index (χ1) is 8.67. The first kappa shape index (κ1) is 14.3. The maximum Gasteiger partial charge on any atom is 0.243 e. The van der Waals surface area contributed by atoms with Crippen molar-refractivity contribution in [2.45, 2.75) is 31.3 Å². The molecular formula is C13H20N2O3S. The van der Waals surface area contributed by atoms with Crippen LogP contribution in [0.5, 0.6) is 0 Å². The summed E-state index contributed by atoms with van der Waals surface area (Å²) in [7, 11) is -3.55. The Morgan fingerprint density at radius 3 is 2.42 bits per heavy atom. The number of hydrogen-bond acceptors (Lipinski definition) is 4. The number of nitrogen functional groups attached to an aromatic ring is 1. The lowest BCUT2D eigenvalue weighted by Crippen LogP contribution is -2.65. The standard InChI is InChI=1S/C13H20N2O3S/c1-9(2)13(16)7-15(8-13)19(17,18)11-5-4-10(3)12(14)6-11/h4-6,9,16H,7-8,14H2,1-3H3. The SMILES string of the molecule is Cc1ccc(S(=O)(=O)N2CC(O)(C(C)C)C2)cc1N. The summed E-state index contributed by atoms with van der Waals surface area (Å²) in [6, 6.07) is 4.71. The fraction of sp³-hybridized carbons (Fsp3) is 0.538. The maximum atomic E-state index is 12.3. The van der Waals surface area contributed by atoms with E-state index < -0.39 is 15.6 Å². The molecule has 1 fully saturated rings. The molecule has 0 aliphatic carbocycles. The molecule has 1 aliphatic heterocycles. The highest BCUT2D eigenvalue weighted by Gasteiger charge is 2.49. The van der Waals surface area contributed by atoms with Crippen LogP contribution in [0.15, 0.2) is 23.1 Å². The number of nitrogens with two attached hydrogens (primary N) is 1. The van der Waals surface area contributed by atoms with Gasteiger partial charge in [0.2, 0.25) is 10.0 Å². The lowest BCUT2D eigenvalue weighted by molar-refractivity contribution is -0.0932. The van der Waals surface area contributed by atoms with Crippen molar-refractivity contribution in [3.05, 3.63) is 23.8 Å². The second-order valence-corrected chi connectivity index (χ2v) is 7.49. The van der Waals surface area contributed by atoms with Crippen molar-refractivity contribution in [3.63, 3.8) is 0 Å². The Morgan fingerprint density at radius 2 is 1.95 bits per heavy atom. The highest BCUT2D eigenvalue weighted by molar-refractivity contribution is 7.89. The van der Waals surface area contributed by atoms with Crippen molar-refractivity contribution in [2.75, 3.05) is 18.8 Å². The Hall–Kier alpha value is -1.11. The van der Waals surface area contributed by atoms with Gasteiger partial charge in [0.1, 0.15) is 0 Å². The first-order valence-corrected chi connectivity index (χ1v) is 7.69. The van der Waals surface area contributed by atoms with Gasteiger partial charge < -0.3 is 10.8 Å². The molecule has 1 heterocycles. The fourth-order valence-corrected chi connectivity index (χ4v) is 3.63. The number of aliphatic hydroxyl groups is 1. The van der Waals surface area contributed by atoms with Crippen molar-refractivity contribution in [1.29, 1.82) is 0 Å². The number of β-amino-alcohol motifs (C(OH)–C–C–N with tert-alkyl or cyclic N) is 1. The van der Waals surface area contributed by atoms with E-state index in [-0.39, 0.29) is 23.9 Å². The third-order valence-electron chi connectivity index (χ3n) is 3.86. The van der Waals surface area contributed by atoms with Gasteiger partial charge in [0.15, 0.2) is 0 Å². The Bertz CT molecular complexity index is 590. The van der Waals surface area contributed by atoms with Gasteiger partial charge in [0, 0.05) is 18.8 Å². The summed E-state index contributed by atoms with van der Waals surface area (Å²) in [5.74, 6) is 0.0297. The molecule has 2 rings (SSSR count). The lowest BCUT2D eigenvalue weighted by atomic mass is 9.85. The number of anilines is 1. The maximum absolute atomic E-state index is 12.3. The first-order valence-electron chi connectivity index (χ1n) is 6.25. The number of rotatable bonds is 3. The number of aryl methyl sites for hydroxylation is 1. The molecule has 1 aromatic carbocycles. The van der Waals surface area contributed by atoms with Crippen LogP contribution in [0.4, 0.5) is 5.69 Å². The van der Waals surface area contributed by atoms with Crippen molar-refractivity contribution < 1.29 is 13.5 Å². The van der Waals surface area contributed by atoms with E-state index in [1.54, 1.807) is 12.1 Å². The average molecular weight is 284 g/mol. The summed E-state index contributed by atoms with van der Waals surface area (Å²) in [6.07, 6.45) is 0. The van der Waals surface area contributed by atoms with Crippen LogP contribution in [-0.2, 0) is 10.0 Å². The van der Waals surface area contributed by atoms with Crippen molar-refractivity contribution in [1.82, 2.24) is 4.31 Å². The minimum atomic E-state index is -3.55. The van der Waals surface area contributed by atoms with Crippen LogP contribution in [0.3, 0.4) is 0 Å². The molecule has 0 spiro atoms. The smallest absolute Gasteiger partial charge is 0.243 e. The van der Waals surface area contributed by atoms with Gasteiger partial charge in [-0.05, 0) is 30.5 Å². The third kappa shape index (κ3) is 2.35. The Balaban J connectivity index is 2.23. The minimum Gasteiger partial charge on any atom is -0.398 e. The van der Waals surface area contributed by atoms with Gasteiger partial charge in [-0.1, -0.05) is 19.9 Å². The number of sulfonamides is 1. The fourth-order valence-electron chi connectivity index (χ4n) is 2.03. The van der Waals surface area contributed by atoms with Gasteiger partial charge >= 0.3 is 0 Å². The monoisotopic (exact) mass is 284 g/mol. The zero-order chi connectivity index (χ0) is 14.4. The summed E-state index contributed by atoms with van der Waals surface area (Å²) in [5, 5.41) is 10.1. The predicted molar refractivity (Wildman–Crippen MR) is 74.1 cm³/mol. The molecule has 3 N–H and O–H groups in total. The third-order valence-corrected chi connectivity index (χ3v) is 5.65. The van der Waals surface area contributed by atoms with Gasteiger partial charge in [0.05, 0.1) is 10.5 Å².